The highest BCUT2D eigenvalue weighted by atomic mass is 16.6. The average molecular weight is 737 g/mol. The SMILES string of the molecule is CCCC/C=C/CCCCCCC(=O)OCC(COCCC(C(=O)O)[N+](C)(C)C)OC(=O)CCCCCCC/C=C/CCCCCCCCCCC. The lowest BCUT2D eigenvalue weighted by atomic mass is 10.1. The molecule has 0 amide bonds. The molecule has 0 aliphatic carbocycles. The van der Waals surface area contributed by atoms with Crippen LogP contribution >= 0.6 is 0 Å². The number of allylic oxidation sites excluding steroid dienone is 4. The topological polar surface area (TPSA) is 99.1 Å². The number of carboxylic acids is 1. The number of aliphatic carboxylic acids is 1. The van der Waals surface area contributed by atoms with Crippen LogP contribution in [0.1, 0.15) is 187 Å². The quantitative estimate of drug-likeness (QED) is 0.0291. The Morgan fingerprint density at radius 1 is 0.558 bits per heavy atom. The third kappa shape index (κ3) is 33.6. The molecule has 0 fully saturated rings. The summed E-state index contributed by atoms with van der Waals surface area (Å²) in [6.45, 7) is 4.67. The highest BCUT2D eigenvalue weighted by Crippen LogP contribution is 2.14. The number of nitrogens with zero attached hydrogens (tertiary/aromatic N) is 1. The summed E-state index contributed by atoms with van der Waals surface area (Å²) >= 11 is 0. The molecule has 8 nitrogen and oxygen atoms in total. The van der Waals surface area contributed by atoms with E-state index in [2.05, 4.69) is 38.2 Å². The van der Waals surface area contributed by atoms with Crippen molar-refractivity contribution in [1.29, 1.82) is 0 Å². The first-order chi connectivity index (χ1) is 25.1. The lowest BCUT2D eigenvalue weighted by Gasteiger charge is -2.31. The lowest BCUT2D eigenvalue weighted by molar-refractivity contribution is -0.887. The molecular formula is C44H82NO7+. The Morgan fingerprint density at radius 2 is 0.981 bits per heavy atom. The number of unbranched alkanes of at least 4 members (excludes halogenated alkanes) is 20. The van der Waals surface area contributed by atoms with Gasteiger partial charge in [0.25, 0.3) is 0 Å². The van der Waals surface area contributed by atoms with Crippen molar-refractivity contribution in [2.24, 2.45) is 0 Å². The number of esters is 2. The first-order valence-electron chi connectivity index (χ1n) is 21.4. The van der Waals surface area contributed by atoms with Crippen LogP contribution in [0.15, 0.2) is 24.3 Å². The van der Waals surface area contributed by atoms with E-state index in [1.165, 1.54) is 83.5 Å². The molecule has 0 aromatic heterocycles. The van der Waals surface area contributed by atoms with Gasteiger partial charge < -0.3 is 23.8 Å². The van der Waals surface area contributed by atoms with Gasteiger partial charge in [-0.15, -0.1) is 0 Å². The lowest BCUT2D eigenvalue weighted by Crippen LogP contribution is -2.50. The van der Waals surface area contributed by atoms with Crippen molar-refractivity contribution in [3.05, 3.63) is 24.3 Å². The zero-order valence-electron chi connectivity index (χ0n) is 34.5. The maximum Gasteiger partial charge on any atom is 0.362 e. The molecule has 2 unspecified atom stereocenters. The highest BCUT2D eigenvalue weighted by molar-refractivity contribution is 5.72. The van der Waals surface area contributed by atoms with Crippen LogP contribution in [0.5, 0.6) is 0 Å². The highest BCUT2D eigenvalue weighted by Gasteiger charge is 2.31. The normalized spacial score (nSPS) is 13.2. The van der Waals surface area contributed by atoms with Crippen molar-refractivity contribution in [3.63, 3.8) is 0 Å². The molecule has 0 aromatic carbocycles. The van der Waals surface area contributed by atoms with E-state index in [0.29, 0.717) is 19.3 Å². The molecule has 0 radical (unpaired) electrons. The van der Waals surface area contributed by atoms with E-state index in [1.807, 2.05) is 21.1 Å². The van der Waals surface area contributed by atoms with Crippen LogP contribution in [-0.2, 0) is 28.6 Å². The van der Waals surface area contributed by atoms with Gasteiger partial charge in [-0.1, -0.05) is 134 Å². The maximum atomic E-state index is 12.7. The molecule has 0 aliphatic rings. The van der Waals surface area contributed by atoms with Gasteiger partial charge in [0, 0.05) is 19.3 Å². The third-order valence-electron chi connectivity index (χ3n) is 9.57. The standard InChI is InChI=1S/C44H81NO7/c1-6-8-10-12-14-16-18-19-20-21-22-23-24-25-27-29-31-33-35-43(47)52-40(38-50-37-36-41(44(48)49)45(3,4)5)39-51-42(46)34-32-30-28-26-17-15-13-11-9-7-2/h13,15,22-23,40-41H,6-12,14,16-21,24-39H2,1-5H3/p+1/b15-13+,23-22+. The summed E-state index contributed by atoms with van der Waals surface area (Å²) in [5, 5.41) is 9.60. The summed E-state index contributed by atoms with van der Waals surface area (Å²) in [5.74, 6) is -1.49. The maximum absolute atomic E-state index is 12.7. The Balaban J connectivity index is 4.33. The van der Waals surface area contributed by atoms with Crippen molar-refractivity contribution in [1.82, 2.24) is 0 Å². The molecule has 8 heteroatoms. The van der Waals surface area contributed by atoms with Gasteiger partial charge in [0.15, 0.2) is 12.1 Å². The number of likely N-dealkylation sites (N-methyl/N-ethyl adjacent to an activating group) is 1. The molecule has 0 saturated heterocycles. The Bertz CT molecular complexity index is 911. The molecule has 2 atom stereocenters. The predicted octanol–water partition coefficient (Wildman–Crippen LogP) is 11.3. The largest absolute Gasteiger partial charge is 0.477 e. The van der Waals surface area contributed by atoms with E-state index in [1.54, 1.807) is 0 Å². The number of hydrogen-bond acceptors (Lipinski definition) is 6. The first-order valence-corrected chi connectivity index (χ1v) is 21.4. The second-order valence-electron chi connectivity index (χ2n) is 15.6. The Kier molecular flexibility index (Phi) is 34.3. The fourth-order valence-electron chi connectivity index (χ4n) is 6.18. The minimum absolute atomic E-state index is 0.0565. The minimum atomic E-state index is -0.878. The number of quaternary nitrogens is 1. The van der Waals surface area contributed by atoms with Gasteiger partial charge in [0.05, 0.1) is 34.4 Å². The zero-order chi connectivity index (χ0) is 38.5. The van der Waals surface area contributed by atoms with Crippen molar-refractivity contribution in [3.8, 4) is 0 Å². The molecule has 0 spiro atoms. The molecule has 0 saturated carbocycles. The van der Waals surface area contributed by atoms with Crippen LogP contribution < -0.4 is 0 Å². The molecular weight excluding hydrogens is 654 g/mol. The van der Waals surface area contributed by atoms with E-state index in [-0.39, 0.29) is 36.2 Å². The van der Waals surface area contributed by atoms with E-state index in [9.17, 15) is 19.5 Å². The van der Waals surface area contributed by atoms with E-state index in [0.717, 1.165) is 70.6 Å². The van der Waals surface area contributed by atoms with Gasteiger partial charge >= 0.3 is 17.9 Å². The first kappa shape index (κ1) is 49.8. The Labute approximate surface area is 320 Å². The zero-order valence-corrected chi connectivity index (χ0v) is 34.5. The van der Waals surface area contributed by atoms with Gasteiger partial charge in [-0.25, -0.2) is 4.79 Å². The number of carbonyl (C=O) groups excluding carboxylic acids is 2. The number of carbonyl (C=O) groups is 3. The molecule has 52 heavy (non-hydrogen) atoms. The summed E-state index contributed by atoms with van der Waals surface area (Å²) in [7, 11) is 5.52. The van der Waals surface area contributed by atoms with Gasteiger partial charge in [-0.2, -0.15) is 0 Å². The van der Waals surface area contributed by atoms with Crippen LogP contribution in [0.2, 0.25) is 0 Å². The summed E-state index contributed by atoms with van der Waals surface area (Å²) in [6, 6.07) is -0.614. The number of hydrogen-bond donors (Lipinski definition) is 1. The van der Waals surface area contributed by atoms with Crippen LogP contribution in [0, 0.1) is 0 Å². The molecule has 304 valence electrons. The van der Waals surface area contributed by atoms with Crippen LogP contribution in [0.4, 0.5) is 0 Å². The van der Waals surface area contributed by atoms with Gasteiger partial charge in [0.2, 0.25) is 0 Å². The minimum Gasteiger partial charge on any atom is -0.477 e. The number of ether oxygens (including phenoxy) is 3. The van der Waals surface area contributed by atoms with Crippen molar-refractivity contribution in [2.75, 3.05) is 41.0 Å². The second kappa shape index (κ2) is 35.8. The summed E-state index contributed by atoms with van der Waals surface area (Å²) < 4.78 is 17.2. The van der Waals surface area contributed by atoms with E-state index >= 15 is 0 Å². The third-order valence-corrected chi connectivity index (χ3v) is 9.57. The molecule has 1 N–H and O–H groups in total. The fourth-order valence-corrected chi connectivity index (χ4v) is 6.18. The summed E-state index contributed by atoms with van der Waals surface area (Å²) in [6.07, 6.45) is 37.9. The smallest absolute Gasteiger partial charge is 0.362 e. The van der Waals surface area contributed by atoms with Crippen molar-refractivity contribution < 1.29 is 38.2 Å². The number of rotatable bonds is 38. The van der Waals surface area contributed by atoms with Crippen LogP contribution in [-0.4, -0.2) is 80.6 Å². The molecule has 0 rings (SSSR count). The predicted molar refractivity (Wildman–Crippen MR) is 215 cm³/mol. The van der Waals surface area contributed by atoms with Gasteiger partial charge in [-0.05, 0) is 57.8 Å². The van der Waals surface area contributed by atoms with E-state index < -0.39 is 18.1 Å². The van der Waals surface area contributed by atoms with Crippen LogP contribution in [0.3, 0.4) is 0 Å². The van der Waals surface area contributed by atoms with Crippen molar-refractivity contribution in [2.45, 2.75) is 199 Å². The Hall–Kier alpha value is -2.19. The summed E-state index contributed by atoms with van der Waals surface area (Å²) in [5.41, 5.74) is 0. The molecule has 0 heterocycles. The molecule has 0 aromatic rings. The number of carboxylic acid groups (broad SMARTS) is 1. The molecule has 0 bridgehead atoms. The Morgan fingerprint density at radius 3 is 1.44 bits per heavy atom. The van der Waals surface area contributed by atoms with Crippen LogP contribution in [0.25, 0.3) is 0 Å². The molecule has 0 aliphatic heterocycles. The van der Waals surface area contributed by atoms with Crippen molar-refractivity contribution >= 4 is 17.9 Å². The monoisotopic (exact) mass is 737 g/mol. The summed E-state index contributed by atoms with van der Waals surface area (Å²) in [4.78, 5) is 36.8. The fraction of sp³-hybridized carbons (Fsp3) is 0.841. The average Bonchev–Trinajstić information content (AvgIpc) is 3.09. The second-order valence-corrected chi connectivity index (χ2v) is 15.6. The van der Waals surface area contributed by atoms with E-state index in [4.69, 9.17) is 14.2 Å². The van der Waals surface area contributed by atoms with Gasteiger partial charge in [0.1, 0.15) is 6.61 Å². The van der Waals surface area contributed by atoms with Gasteiger partial charge in [-0.3, -0.25) is 9.59 Å².